The number of halogens is 1. The summed E-state index contributed by atoms with van der Waals surface area (Å²) in [6, 6.07) is 10.3. The van der Waals surface area contributed by atoms with Crippen LogP contribution in [0.4, 0.5) is 10.1 Å². The fourth-order valence-corrected chi connectivity index (χ4v) is 2.82. The van der Waals surface area contributed by atoms with Crippen LogP contribution in [-0.4, -0.2) is 21.5 Å². The zero-order chi connectivity index (χ0) is 17.0. The van der Waals surface area contributed by atoms with Crippen molar-refractivity contribution < 1.29 is 22.3 Å². The molecule has 2 rings (SSSR count). The Labute approximate surface area is 132 Å². The van der Waals surface area contributed by atoms with Crippen LogP contribution in [0, 0.1) is 17.1 Å². The Morgan fingerprint density at radius 2 is 1.87 bits per heavy atom. The van der Waals surface area contributed by atoms with Gasteiger partial charge in [-0.1, -0.05) is 0 Å². The molecule has 0 fully saturated rings. The van der Waals surface area contributed by atoms with Crippen molar-refractivity contribution in [2.24, 2.45) is 0 Å². The maximum atomic E-state index is 13.9. The van der Waals surface area contributed by atoms with E-state index in [2.05, 4.69) is 9.46 Å². The summed E-state index contributed by atoms with van der Waals surface area (Å²) < 4.78 is 44.8. The zero-order valence-corrected chi connectivity index (χ0v) is 12.7. The molecule has 1 N–H and O–H groups in total. The minimum atomic E-state index is -4.02. The number of nitrogens with zero attached hydrogens (tertiary/aromatic N) is 1. The fourth-order valence-electron chi connectivity index (χ4n) is 1.76. The van der Waals surface area contributed by atoms with Crippen LogP contribution in [0.5, 0.6) is 0 Å². The van der Waals surface area contributed by atoms with E-state index in [1.165, 1.54) is 30.3 Å². The molecule has 0 amide bonds. The second-order valence-corrected chi connectivity index (χ2v) is 6.11. The number of ether oxygens (including phenoxy) is 1. The summed E-state index contributed by atoms with van der Waals surface area (Å²) in [6.07, 6.45) is 0. The SMILES string of the molecule is COC(=O)c1ccc(NS(=O)(=O)c2ccc(C#N)cc2)c(F)c1. The van der Waals surface area contributed by atoms with Gasteiger partial charge in [-0.05, 0) is 42.5 Å². The summed E-state index contributed by atoms with van der Waals surface area (Å²) in [5.41, 5.74) is -0.0362. The van der Waals surface area contributed by atoms with Crippen LogP contribution >= 0.6 is 0 Å². The number of carbonyl (C=O) groups is 1. The third-order valence-corrected chi connectivity index (χ3v) is 4.31. The molecule has 0 spiro atoms. The monoisotopic (exact) mass is 334 g/mol. The molecule has 0 aliphatic carbocycles. The molecule has 2 aromatic rings. The number of hydrogen-bond donors (Lipinski definition) is 1. The standard InChI is InChI=1S/C15H11FN2O4S/c1-22-15(19)11-4-7-14(13(16)8-11)18-23(20,21)12-5-2-10(9-17)3-6-12/h2-8,18H,1H3. The van der Waals surface area contributed by atoms with Crippen molar-refractivity contribution in [1.29, 1.82) is 5.26 Å². The van der Waals surface area contributed by atoms with Gasteiger partial charge in [-0.3, -0.25) is 4.72 Å². The molecular formula is C15H11FN2O4S. The van der Waals surface area contributed by atoms with E-state index in [0.29, 0.717) is 5.56 Å². The first-order valence-electron chi connectivity index (χ1n) is 6.28. The second kappa shape index (κ2) is 6.46. The van der Waals surface area contributed by atoms with Gasteiger partial charge in [-0.2, -0.15) is 5.26 Å². The summed E-state index contributed by atoms with van der Waals surface area (Å²) in [7, 11) is -2.86. The number of benzene rings is 2. The average Bonchev–Trinajstić information content (AvgIpc) is 2.55. The maximum Gasteiger partial charge on any atom is 0.337 e. The van der Waals surface area contributed by atoms with Gasteiger partial charge in [-0.15, -0.1) is 0 Å². The van der Waals surface area contributed by atoms with E-state index in [9.17, 15) is 17.6 Å². The van der Waals surface area contributed by atoms with Gasteiger partial charge in [0.15, 0.2) is 0 Å². The lowest BCUT2D eigenvalue weighted by atomic mass is 10.2. The van der Waals surface area contributed by atoms with Crippen molar-refractivity contribution >= 4 is 21.7 Å². The number of nitriles is 1. The number of esters is 1. The number of anilines is 1. The number of hydrogen-bond acceptors (Lipinski definition) is 5. The fraction of sp³-hybridized carbons (Fsp3) is 0.0667. The Kier molecular flexibility index (Phi) is 4.62. The highest BCUT2D eigenvalue weighted by Gasteiger charge is 2.17. The van der Waals surface area contributed by atoms with Gasteiger partial charge in [-0.25, -0.2) is 17.6 Å². The molecule has 0 aliphatic rings. The van der Waals surface area contributed by atoms with Crippen molar-refractivity contribution in [1.82, 2.24) is 0 Å². The number of rotatable bonds is 4. The topological polar surface area (TPSA) is 96.3 Å². The molecule has 8 heteroatoms. The lowest BCUT2D eigenvalue weighted by Gasteiger charge is -2.10. The molecule has 2 aromatic carbocycles. The molecule has 0 radical (unpaired) electrons. The number of carbonyl (C=O) groups excluding carboxylic acids is 1. The molecule has 0 heterocycles. The van der Waals surface area contributed by atoms with Crippen LogP contribution in [0.15, 0.2) is 47.4 Å². The van der Waals surface area contributed by atoms with Crippen molar-refractivity contribution in [2.45, 2.75) is 4.90 Å². The molecule has 0 aliphatic heterocycles. The molecule has 0 bridgehead atoms. The summed E-state index contributed by atoms with van der Waals surface area (Å²) in [5.74, 6) is -1.64. The first-order valence-corrected chi connectivity index (χ1v) is 7.76. The molecule has 6 nitrogen and oxygen atoms in total. The Bertz CT molecular complexity index is 887. The third-order valence-electron chi connectivity index (χ3n) is 2.93. The van der Waals surface area contributed by atoms with Gasteiger partial charge in [0, 0.05) is 0 Å². The van der Waals surface area contributed by atoms with E-state index in [1.54, 1.807) is 0 Å². The second-order valence-electron chi connectivity index (χ2n) is 4.43. The highest BCUT2D eigenvalue weighted by Crippen LogP contribution is 2.21. The first kappa shape index (κ1) is 16.5. The van der Waals surface area contributed by atoms with Crippen LogP contribution in [-0.2, 0) is 14.8 Å². The minimum Gasteiger partial charge on any atom is -0.465 e. The van der Waals surface area contributed by atoms with Crippen molar-refractivity contribution in [2.75, 3.05) is 11.8 Å². The largest absolute Gasteiger partial charge is 0.465 e. The normalized spacial score (nSPS) is 10.7. The van der Waals surface area contributed by atoms with E-state index < -0.39 is 21.8 Å². The molecule has 0 saturated carbocycles. The molecule has 23 heavy (non-hydrogen) atoms. The maximum absolute atomic E-state index is 13.9. The van der Waals surface area contributed by atoms with Crippen LogP contribution in [0.1, 0.15) is 15.9 Å². The van der Waals surface area contributed by atoms with E-state index in [-0.39, 0.29) is 16.1 Å². The quantitative estimate of drug-likeness (QED) is 0.865. The van der Waals surface area contributed by atoms with Crippen molar-refractivity contribution in [3.05, 3.63) is 59.4 Å². The molecule has 118 valence electrons. The van der Waals surface area contributed by atoms with Crippen LogP contribution < -0.4 is 4.72 Å². The predicted octanol–water partition coefficient (Wildman–Crippen LogP) is 2.28. The van der Waals surface area contributed by atoms with E-state index >= 15 is 0 Å². The Balaban J connectivity index is 2.30. The highest BCUT2D eigenvalue weighted by molar-refractivity contribution is 7.92. The van der Waals surface area contributed by atoms with Gasteiger partial charge in [0.25, 0.3) is 10.0 Å². The number of methoxy groups -OCH3 is 1. The molecule has 0 unspecified atom stereocenters. The molecule has 0 saturated heterocycles. The van der Waals surface area contributed by atoms with Crippen LogP contribution in [0.25, 0.3) is 0 Å². The Morgan fingerprint density at radius 3 is 2.39 bits per heavy atom. The van der Waals surface area contributed by atoms with Gasteiger partial charge in [0.2, 0.25) is 0 Å². The van der Waals surface area contributed by atoms with Gasteiger partial charge < -0.3 is 4.74 Å². The lowest BCUT2D eigenvalue weighted by Crippen LogP contribution is -2.14. The summed E-state index contributed by atoms with van der Waals surface area (Å²) >= 11 is 0. The molecule has 0 aromatic heterocycles. The van der Waals surface area contributed by atoms with Crippen LogP contribution in [0.2, 0.25) is 0 Å². The van der Waals surface area contributed by atoms with E-state index in [0.717, 1.165) is 19.2 Å². The Morgan fingerprint density at radius 1 is 1.22 bits per heavy atom. The number of sulfonamides is 1. The highest BCUT2D eigenvalue weighted by atomic mass is 32.2. The Hall–Kier alpha value is -2.92. The summed E-state index contributed by atoms with van der Waals surface area (Å²) in [6.45, 7) is 0. The van der Waals surface area contributed by atoms with Gasteiger partial charge >= 0.3 is 5.97 Å². The average molecular weight is 334 g/mol. The van der Waals surface area contributed by atoms with Gasteiger partial charge in [0.1, 0.15) is 5.82 Å². The zero-order valence-electron chi connectivity index (χ0n) is 11.9. The van der Waals surface area contributed by atoms with Gasteiger partial charge in [0.05, 0.1) is 34.9 Å². The van der Waals surface area contributed by atoms with Crippen LogP contribution in [0.3, 0.4) is 0 Å². The first-order chi connectivity index (χ1) is 10.9. The predicted molar refractivity (Wildman–Crippen MR) is 79.7 cm³/mol. The smallest absolute Gasteiger partial charge is 0.337 e. The third kappa shape index (κ3) is 3.64. The molecular weight excluding hydrogens is 323 g/mol. The summed E-state index contributed by atoms with van der Waals surface area (Å²) in [4.78, 5) is 11.2. The van der Waals surface area contributed by atoms with E-state index in [1.807, 2.05) is 6.07 Å². The van der Waals surface area contributed by atoms with Crippen molar-refractivity contribution in [3.8, 4) is 6.07 Å². The van der Waals surface area contributed by atoms with E-state index in [4.69, 9.17) is 5.26 Å². The van der Waals surface area contributed by atoms with Crippen molar-refractivity contribution in [3.63, 3.8) is 0 Å². The lowest BCUT2D eigenvalue weighted by molar-refractivity contribution is 0.0600. The number of nitrogens with one attached hydrogen (secondary N) is 1. The minimum absolute atomic E-state index is 0.0358. The summed E-state index contributed by atoms with van der Waals surface area (Å²) in [5, 5.41) is 8.69. The molecule has 0 atom stereocenters.